The van der Waals surface area contributed by atoms with E-state index in [2.05, 4.69) is 13.8 Å². The molecule has 0 aliphatic heterocycles. The fraction of sp³-hybridized carbons (Fsp3) is 1.00. The smallest absolute Gasteiger partial charge is 0.264 e. The van der Waals surface area contributed by atoms with Crippen molar-refractivity contribution >= 4 is 46.9 Å². The van der Waals surface area contributed by atoms with Crippen molar-refractivity contribution in [2.75, 3.05) is 0 Å². The van der Waals surface area contributed by atoms with Crippen LogP contribution >= 0.6 is 13.5 Å². The van der Waals surface area contributed by atoms with Gasteiger partial charge in [-0.2, -0.15) is 21.9 Å². The van der Waals surface area contributed by atoms with Gasteiger partial charge in [0.25, 0.3) is 0 Å². The molecule has 0 aromatic rings. The maximum absolute atomic E-state index is 8.74. The molecular weight excluding hydrogens is 321 g/mol. The predicted octanol–water partition coefficient (Wildman–Crippen LogP) is 4.25. The van der Waals surface area contributed by atoms with E-state index >= 15 is 0 Å². The molecule has 0 bridgehead atoms. The molecule has 0 spiro atoms. The van der Waals surface area contributed by atoms with Gasteiger partial charge in [-0.1, -0.05) is 90.9 Å². The molecule has 0 atom stereocenters. The third kappa shape index (κ3) is 52.7. The molecule has 0 unspecified atom stereocenters. The fourth-order valence-corrected chi connectivity index (χ4v) is 1.91. The molecule has 0 aliphatic carbocycles. The second kappa shape index (κ2) is 23.3. The lowest BCUT2D eigenvalue weighted by Crippen LogP contribution is -1.89. The summed E-state index contributed by atoms with van der Waals surface area (Å²) in [5.74, 6) is 0. The van der Waals surface area contributed by atoms with Crippen LogP contribution in [0.2, 0.25) is 0 Å². The average molecular weight is 357 g/mol. The Kier molecular flexibility index (Phi) is 33.1. The van der Waals surface area contributed by atoms with Gasteiger partial charge in [-0.05, 0) is 0 Å². The summed E-state index contributed by atoms with van der Waals surface area (Å²) in [6.07, 6.45) is 17.4. The summed E-state index contributed by atoms with van der Waals surface area (Å²) in [5.41, 5.74) is 0. The van der Waals surface area contributed by atoms with Gasteiger partial charge < -0.3 is 0 Å². The van der Waals surface area contributed by atoms with Crippen molar-refractivity contribution in [3.8, 4) is 0 Å². The van der Waals surface area contributed by atoms with E-state index in [1.165, 1.54) is 77.0 Å². The van der Waals surface area contributed by atoms with Crippen molar-refractivity contribution in [2.45, 2.75) is 90.9 Å². The van der Waals surface area contributed by atoms with Crippen LogP contribution < -0.4 is 0 Å². The van der Waals surface area contributed by atoms with Gasteiger partial charge in [0, 0.05) is 0 Å². The Morgan fingerprint density at radius 3 is 0.905 bits per heavy atom. The Bertz CT molecular complexity index is 240. The minimum atomic E-state index is -4.67. The van der Waals surface area contributed by atoms with Gasteiger partial charge in [-0.3, -0.25) is 9.11 Å². The Hall–Kier alpha value is 0.986. The quantitative estimate of drug-likeness (QED) is 0.329. The van der Waals surface area contributed by atoms with Crippen molar-refractivity contribution in [3.05, 3.63) is 0 Å². The highest BCUT2D eigenvalue weighted by molar-refractivity contribution is 7.79. The van der Waals surface area contributed by atoms with Crippen molar-refractivity contribution in [1.82, 2.24) is 0 Å². The lowest BCUT2D eigenvalue weighted by atomic mass is 10.1. The van der Waals surface area contributed by atoms with Crippen LogP contribution in [0.25, 0.3) is 0 Å². The minimum absolute atomic E-state index is 0. The molecule has 0 heterocycles. The molecule has 0 amide bonds. The molecular formula is C14H36MgO4S2. The van der Waals surface area contributed by atoms with Gasteiger partial charge in [0.15, 0.2) is 0 Å². The average Bonchev–Trinajstić information content (AvgIpc) is 2.29. The lowest BCUT2D eigenvalue weighted by Gasteiger charge is -2.01. The van der Waals surface area contributed by atoms with Gasteiger partial charge in [0.1, 0.15) is 0 Å². The SMILES string of the molecule is CCCCCCCCCCCCCC.O=S(=O)(O)O.S.[MgH2]. The molecule has 0 radical (unpaired) electrons. The van der Waals surface area contributed by atoms with E-state index in [0.717, 1.165) is 0 Å². The maximum atomic E-state index is 8.74. The first-order chi connectivity index (χ1) is 8.91. The largest absolute Gasteiger partial charge is 0.394 e. The van der Waals surface area contributed by atoms with Crippen LogP contribution in [0, 0.1) is 0 Å². The molecule has 130 valence electrons. The van der Waals surface area contributed by atoms with Crippen molar-refractivity contribution in [2.24, 2.45) is 0 Å². The van der Waals surface area contributed by atoms with E-state index < -0.39 is 10.4 Å². The second-order valence-electron chi connectivity index (χ2n) is 4.98. The van der Waals surface area contributed by atoms with Crippen LogP contribution in [-0.4, -0.2) is 40.6 Å². The van der Waals surface area contributed by atoms with E-state index in [4.69, 9.17) is 17.5 Å². The monoisotopic (exact) mass is 356 g/mol. The number of hydrogen-bond acceptors (Lipinski definition) is 2. The molecule has 0 saturated carbocycles. The third-order valence-electron chi connectivity index (χ3n) is 2.96. The lowest BCUT2D eigenvalue weighted by molar-refractivity contribution is 0.381. The third-order valence-corrected chi connectivity index (χ3v) is 2.96. The second-order valence-corrected chi connectivity index (χ2v) is 5.88. The summed E-state index contributed by atoms with van der Waals surface area (Å²) in [6.45, 7) is 4.57. The molecule has 0 aromatic carbocycles. The van der Waals surface area contributed by atoms with E-state index in [-0.39, 0.29) is 36.5 Å². The first kappa shape index (κ1) is 29.9. The number of hydrogen-bond donors (Lipinski definition) is 2. The Labute approximate surface area is 155 Å². The normalized spacial score (nSPS) is 9.90. The summed E-state index contributed by atoms with van der Waals surface area (Å²) in [7, 11) is -4.67. The molecule has 0 saturated heterocycles. The maximum Gasteiger partial charge on any atom is 0.394 e. The van der Waals surface area contributed by atoms with E-state index in [1.807, 2.05) is 0 Å². The zero-order chi connectivity index (χ0) is 15.0. The first-order valence-corrected chi connectivity index (χ1v) is 9.01. The fourth-order valence-electron chi connectivity index (χ4n) is 1.91. The molecule has 21 heavy (non-hydrogen) atoms. The van der Waals surface area contributed by atoms with Crippen LogP contribution in [0.5, 0.6) is 0 Å². The van der Waals surface area contributed by atoms with E-state index in [0.29, 0.717) is 0 Å². The molecule has 0 aromatic heterocycles. The summed E-state index contributed by atoms with van der Waals surface area (Å²) in [4.78, 5) is 0. The first-order valence-electron chi connectivity index (χ1n) is 7.61. The van der Waals surface area contributed by atoms with Gasteiger partial charge in [-0.25, -0.2) is 0 Å². The molecule has 7 heteroatoms. The van der Waals surface area contributed by atoms with Crippen molar-refractivity contribution < 1.29 is 17.5 Å². The highest BCUT2D eigenvalue weighted by Crippen LogP contribution is 2.11. The highest BCUT2D eigenvalue weighted by atomic mass is 32.3. The standard InChI is InChI=1S/C14H30.Mg.H2O4S.H2S.2H/c1-3-5-7-9-11-13-14-12-10-8-6-4-2;;1-5(2,3)4;;;/h3-14H2,1-2H3;;(H2,1,2,3,4);1H2;;. The zero-order valence-corrected chi connectivity index (χ0v) is 14.9. The molecule has 0 rings (SSSR count). The van der Waals surface area contributed by atoms with Crippen LogP contribution in [-0.2, 0) is 10.4 Å². The van der Waals surface area contributed by atoms with E-state index in [9.17, 15) is 0 Å². The number of unbranched alkanes of at least 4 members (excludes halogenated alkanes) is 11. The summed E-state index contributed by atoms with van der Waals surface area (Å²) in [6, 6.07) is 0. The van der Waals surface area contributed by atoms with Crippen LogP contribution in [0.4, 0.5) is 0 Å². The van der Waals surface area contributed by atoms with Crippen molar-refractivity contribution in [3.63, 3.8) is 0 Å². The van der Waals surface area contributed by atoms with Gasteiger partial charge >= 0.3 is 33.5 Å². The van der Waals surface area contributed by atoms with Crippen molar-refractivity contribution in [1.29, 1.82) is 0 Å². The molecule has 2 N–H and O–H groups in total. The van der Waals surface area contributed by atoms with Crippen LogP contribution in [0.15, 0.2) is 0 Å². The number of rotatable bonds is 11. The van der Waals surface area contributed by atoms with E-state index in [1.54, 1.807) is 0 Å². The topological polar surface area (TPSA) is 74.6 Å². The van der Waals surface area contributed by atoms with Crippen LogP contribution in [0.1, 0.15) is 90.9 Å². The van der Waals surface area contributed by atoms with Crippen LogP contribution in [0.3, 0.4) is 0 Å². The summed E-state index contributed by atoms with van der Waals surface area (Å²) >= 11 is 0. The predicted molar refractivity (Wildman–Crippen MR) is 99.9 cm³/mol. The molecule has 4 nitrogen and oxygen atoms in total. The Morgan fingerprint density at radius 2 is 0.762 bits per heavy atom. The van der Waals surface area contributed by atoms with Gasteiger partial charge in [-0.15, -0.1) is 0 Å². The zero-order valence-electron chi connectivity index (χ0n) is 13.1. The molecule has 0 aliphatic rings. The molecule has 0 fully saturated rings. The Balaban J connectivity index is -0.000000179. The Morgan fingerprint density at radius 1 is 0.619 bits per heavy atom. The van der Waals surface area contributed by atoms with Gasteiger partial charge in [0.2, 0.25) is 0 Å². The minimum Gasteiger partial charge on any atom is -0.264 e. The van der Waals surface area contributed by atoms with Gasteiger partial charge in [0.05, 0.1) is 0 Å². The highest BCUT2D eigenvalue weighted by Gasteiger charge is 1.91. The summed E-state index contributed by atoms with van der Waals surface area (Å²) in [5, 5.41) is 0. The summed E-state index contributed by atoms with van der Waals surface area (Å²) < 4.78 is 31.6.